The van der Waals surface area contributed by atoms with Gasteiger partial charge in [-0.15, -0.1) is 0 Å². The van der Waals surface area contributed by atoms with Crippen LogP contribution in [0.15, 0.2) is 24.3 Å². The predicted molar refractivity (Wildman–Crippen MR) is 78.3 cm³/mol. The number of hydrogen-bond donors (Lipinski definition) is 2. The zero-order valence-electron chi connectivity index (χ0n) is 11.7. The van der Waals surface area contributed by atoms with Gasteiger partial charge in [0.1, 0.15) is 0 Å². The molecule has 0 spiro atoms. The Hall–Kier alpha value is -1.90. The normalized spacial score (nSPS) is 15.8. The van der Waals surface area contributed by atoms with Gasteiger partial charge in [0.25, 0.3) is 0 Å². The van der Waals surface area contributed by atoms with E-state index in [1.54, 1.807) is 24.3 Å². The molecule has 1 aromatic rings. The number of hydrogen-bond acceptors (Lipinski definition) is 4. The van der Waals surface area contributed by atoms with E-state index in [9.17, 15) is 4.79 Å². The molecule has 106 valence electrons. The molecule has 1 saturated heterocycles. The molecular weight excluding hydrogens is 252 g/mol. The lowest BCUT2D eigenvalue weighted by Crippen LogP contribution is -2.44. The molecule has 0 aromatic heterocycles. The SMILES string of the molecule is CN(CC(=O)Nc1ccc(C#N)cc1)C1CCNCC1. The molecule has 0 atom stereocenters. The first kappa shape index (κ1) is 14.5. The predicted octanol–water partition coefficient (Wildman–Crippen LogP) is 1.18. The Bertz CT molecular complexity index is 486. The van der Waals surface area contributed by atoms with Gasteiger partial charge in [0.05, 0.1) is 18.2 Å². The van der Waals surface area contributed by atoms with Crippen LogP contribution in [-0.2, 0) is 4.79 Å². The van der Waals surface area contributed by atoms with Crippen molar-refractivity contribution in [1.82, 2.24) is 10.2 Å². The molecule has 0 bridgehead atoms. The summed E-state index contributed by atoms with van der Waals surface area (Å²) in [6.45, 7) is 2.43. The van der Waals surface area contributed by atoms with Crippen LogP contribution < -0.4 is 10.6 Å². The first-order valence-electron chi connectivity index (χ1n) is 6.90. The average molecular weight is 272 g/mol. The van der Waals surface area contributed by atoms with E-state index in [4.69, 9.17) is 5.26 Å². The molecule has 1 aliphatic rings. The highest BCUT2D eigenvalue weighted by Gasteiger charge is 2.19. The van der Waals surface area contributed by atoms with Gasteiger partial charge in [-0.1, -0.05) is 0 Å². The van der Waals surface area contributed by atoms with E-state index in [1.165, 1.54) is 0 Å². The van der Waals surface area contributed by atoms with Gasteiger partial charge in [0.15, 0.2) is 0 Å². The number of rotatable bonds is 4. The van der Waals surface area contributed by atoms with Crippen LogP contribution in [0.4, 0.5) is 5.69 Å². The molecule has 1 fully saturated rings. The van der Waals surface area contributed by atoms with E-state index in [1.807, 2.05) is 7.05 Å². The zero-order valence-corrected chi connectivity index (χ0v) is 11.7. The standard InChI is InChI=1S/C15H20N4O/c1-19(14-6-8-17-9-7-14)11-15(20)18-13-4-2-12(10-16)3-5-13/h2-5,14,17H,6-9,11H2,1H3,(H,18,20). The first-order valence-corrected chi connectivity index (χ1v) is 6.90. The second-order valence-electron chi connectivity index (χ2n) is 5.13. The topological polar surface area (TPSA) is 68.2 Å². The Kier molecular flexibility index (Phi) is 5.10. The Morgan fingerprint density at radius 1 is 1.40 bits per heavy atom. The highest BCUT2D eigenvalue weighted by atomic mass is 16.2. The van der Waals surface area contributed by atoms with E-state index in [0.717, 1.165) is 31.6 Å². The maximum atomic E-state index is 12.0. The number of carbonyl (C=O) groups excluding carboxylic acids is 1. The molecule has 5 nitrogen and oxygen atoms in total. The van der Waals surface area contributed by atoms with Crippen molar-refractivity contribution in [1.29, 1.82) is 5.26 Å². The van der Waals surface area contributed by atoms with Crippen LogP contribution in [0.25, 0.3) is 0 Å². The molecule has 1 aromatic carbocycles. The summed E-state index contributed by atoms with van der Waals surface area (Å²) in [5, 5.41) is 14.9. The molecule has 0 radical (unpaired) electrons. The third kappa shape index (κ3) is 4.05. The minimum absolute atomic E-state index is 0.0178. The van der Waals surface area contributed by atoms with Crippen molar-refractivity contribution in [3.8, 4) is 6.07 Å². The minimum atomic E-state index is -0.0178. The summed E-state index contributed by atoms with van der Waals surface area (Å²) in [4.78, 5) is 14.1. The summed E-state index contributed by atoms with van der Waals surface area (Å²) >= 11 is 0. The number of anilines is 1. The van der Waals surface area contributed by atoms with Gasteiger partial charge >= 0.3 is 0 Å². The number of likely N-dealkylation sites (N-methyl/N-ethyl adjacent to an activating group) is 1. The van der Waals surface area contributed by atoms with Crippen LogP contribution in [0.2, 0.25) is 0 Å². The van der Waals surface area contributed by atoms with E-state index < -0.39 is 0 Å². The first-order chi connectivity index (χ1) is 9.69. The van der Waals surface area contributed by atoms with E-state index in [0.29, 0.717) is 18.2 Å². The van der Waals surface area contributed by atoms with Crippen molar-refractivity contribution in [3.63, 3.8) is 0 Å². The van der Waals surface area contributed by atoms with Crippen molar-refractivity contribution in [3.05, 3.63) is 29.8 Å². The molecule has 1 heterocycles. The highest BCUT2D eigenvalue weighted by molar-refractivity contribution is 5.92. The maximum Gasteiger partial charge on any atom is 0.238 e. The van der Waals surface area contributed by atoms with Crippen LogP contribution in [0, 0.1) is 11.3 Å². The molecule has 0 aliphatic carbocycles. The number of amides is 1. The second-order valence-corrected chi connectivity index (χ2v) is 5.13. The summed E-state index contributed by atoms with van der Waals surface area (Å²) in [5.74, 6) is -0.0178. The number of benzene rings is 1. The fourth-order valence-corrected chi connectivity index (χ4v) is 2.43. The minimum Gasteiger partial charge on any atom is -0.325 e. The summed E-state index contributed by atoms with van der Waals surface area (Å²) < 4.78 is 0. The summed E-state index contributed by atoms with van der Waals surface area (Å²) in [6, 6.07) is 9.43. The number of nitrogens with zero attached hydrogens (tertiary/aromatic N) is 2. The molecule has 2 rings (SSSR count). The monoisotopic (exact) mass is 272 g/mol. The maximum absolute atomic E-state index is 12.0. The van der Waals surface area contributed by atoms with Gasteiger partial charge in [-0.3, -0.25) is 9.69 Å². The van der Waals surface area contributed by atoms with Crippen molar-refractivity contribution in [2.45, 2.75) is 18.9 Å². The Morgan fingerprint density at radius 2 is 2.05 bits per heavy atom. The Balaban J connectivity index is 1.83. The molecule has 2 N–H and O–H groups in total. The summed E-state index contributed by atoms with van der Waals surface area (Å²) in [5.41, 5.74) is 1.32. The molecule has 20 heavy (non-hydrogen) atoms. The van der Waals surface area contributed by atoms with Crippen molar-refractivity contribution in [2.24, 2.45) is 0 Å². The van der Waals surface area contributed by atoms with E-state index >= 15 is 0 Å². The number of nitriles is 1. The largest absolute Gasteiger partial charge is 0.325 e. The third-order valence-corrected chi connectivity index (χ3v) is 3.62. The fourth-order valence-electron chi connectivity index (χ4n) is 2.43. The summed E-state index contributed by atoms with van der Waals surface area (Å²) in [6.07, 6.45) is 2.17. The van der Waals surface area contributed by atoms with Crippen molar-refractivity contribution < 1.29 is 4.79 Å². The fraction of sp³-hybridized carbons (Fsp3) is 0.467. The molecule has 5 heteroatoms. The number of nitrogens with one attached hydrogen (secondary N) is 2. The molecule has 1 aliphatic heterocycles. The third-order valence-electron chi connectivity index (χ3n) is 3.62. The molecular formula is C15H20N4O. The van der Waals surface area contributed by atoms with Crippen LogP contribution >= 0.6 is 0 Å². The van der Waals surface area contributed by atoms with Crippen LogP contribution in [-0.4, -0.2) is 43.5 Å². The van der Waals surface area contributed by atoms with Gasteiger partial charge in [-0.05, 0) is 57.2 Å². The van der Waals surface area contributed by atoms with Gasteiger partial charge in [0, 0.05) is 11.7 Å². The molecule has 1 amide bonds. The smallest absolute Gasteiger partial charge is 0.238 e. The van der Waals surface area contributed by atoms with Gasteiger partial charge < -0.3 is 10.6 Å². The Morgan fingerprint density at radius 3 is 2.65 bits per heavy atom. The van der Waals surface area contributed by atoms with Gasteiger partial charge in [-0.2, -0.15) is 5.26 Å². The van der Waals surface area contributed by atoms with Crippen LogP contribution in [0.1, 0.15) is 18.4 Å². The lowest BCUT2D eigenvalue weighted by molar-refractivity contribution is -0.117. The van der Waals surface area contributed by atoms with Gasteiger partial charge in [-0.25, -0.2) is 0 Å². The Labute approximate surface area is 119 Å². The average Bonchev–Trinajstić information content (AvgIpc) is 2.49. The lowest BCUT2D eigenvalue weighted by atomic mass is 10.1. The number of piperidine rings is 1. The van der Waals surface area contributed by atoms with Gasteiger partial charge in [0.2, 0.25) is 5.91 Å². The van der Waals surface area contributed by atoms with E-state index in [2.05, 4.69) is 21.6 Å². The molecule has 0 unspecified atom stereocenters. The quantitative estimate of drug-likeness (QED) is 0.863. The highest BCUT2D eigenvalue weighted by Crippen LogP contribution is 2.11. The number of carbonyl (C=O) groups is 1. The lowest BCUT2D eigenvalue weighted by Gasteiger charge is -2.31. The molecule has 0 saturated carbocycles. The van der Waals surface area contributed by atoms with Crippen molar-refractivity contribution in [2.75, 3.05) is 32.0 Å². The van der Waals surface area contributed by atoms with Crippen LogP contribution in [0.5, 0.6) is 0 Å². The second kappa shape index (κ2) is 7.04. The van der Waals surface area contributed by atoms with E-state index in [-0.39, 0.29) is 5.91 Å². The zero-order chi connectivity index (χ0) is 14.4. The summed E-state index contributed by atoms with van der Waals surface area (Å²) in [7, 11) is 1.99. The van der Waals surface area contributed by atoms with Crippen LogP contribution in [0.3, 0.4) is 0 Å². The van der Waals surface area contributed by atoms with Crippen molar-refractivity contribution >= 4 is 11.6 Å².